The van der Waals surface area contributed by atoms with Crippen molar-refractivity contribution in [2.75, 3.05) is 23.5 Å². The second-order valence-electron chi connectivity index (χ2n) is 8.47. The van der Waals surface area contributed by atoms with Crippen LogP contribution in [0.1, 0.15) is 30.5 Å². The number of nitriles is 1. The van der Waals surface area contributed by atoms with Gasteiger partial charge < -0.3 is 9.64 Å². The smallest absolute Gasteiger partial charge is 0.383 e. The number of halogens is 3. The van der Waals surface area contributed by atoms with Gasteiger partial charge in [0.2, 0.25) is 0 Å². The Morgan fingerprint density at radius 1 is 1.26 bits per heavy atom. The molecule has 0 bridgehead atoms. The lowest BCUT2D eigenvalue weighted by molar-refractivity contribution is -0.138. The van der Waals surface area contributed by atoms with Crippen LogP contribution in [0, 0.1) is 11.3 Å². The van der Waals surface area contributed by atoms with E-state index in [-0.39, 0.29) is 10.8 Å². The van der Waals surface area contributed by atoms with Crippen molar-refractivity contribution in [2.24, 2.45) is 0 Å². The maximum absolute atomic E-state index is 13.6. The molecule has 2 aromatic heterocycles. The molecule has 0 radical (unpaired) electrons. The number of carbonyl (C=O) groups is 1. The lowest BCUT2D eigenvalue weighted by Gasteiger charge is -2.43. The quantitative estimate of drug-likeness (QED) is 0.489. The first kappa shape index (κ1) is 23.2. The van der Waals surface area contributed by atoms with E-state index < -0.39 is 28.9 Å². The fourth-order valence-electron chi connectivity index (χ4n) is 4.59. The van der Waals surface area contributed by atoms with E-state index in [1.807, 2.05) is 18.3 Å². The maximum Gasteiger partial charge on any atom is 0.419 e. The third-order valence-electron chi connectivity index (χ3n) is 6.45. The summed E-state index contributed by atoms with van der Waals surface area (Å²) in [5, 5.41) is 14.5. The third-order valence-corrected chi connectivity index (χ3v) is 6.82. The van der Waals surface area contributed by atoms with Gasteiger partial charge in [-0.3, -0.25) is 14.4 Å². The minimum Gasteiger partial charge on any atom is -0.383 e. The van der Waals surface area contributed by atoms with Crippen molar-refractivity contribution in [3.8, 4) is 6.07 Å². The number of rotatable bonds is 5. The monoisotopic (exact) mass is 500 g/mol. The van der Waals surface area contributed by atoms with Crippen LogP contribution in [0.2, 0.25) is 0 Å². The summed E-state index contributed by atoms with van der Waals surface area (Å²) in [6.07, 6.45) is -0.0381. The molecule has 12 heteroatoms. The molecule has 1 amide bonds. The Morgan fingerprint density at radius 2 is 2.03 bits per heavy atom. The normalized spacial score (nSPS) is 17.3. The summed E-state index contributed by atoms with van der Waals surface area (Å²) in [6.45, 7) is 1.08. The Labute approximate surface area is 203 Å². The minimum atomic E-state index is -4.81. The van der Waals surface area contributed by atoms with Crippen LogP contribution < -0.4 is 9.80 Å². The summed E-state index contributed by atoms with van der Waals surface area (Å²) >= 11 is 5.65. The van der Waals surface area contributed by atoms with Crippen LogP contribution in [0.25, 0.3) is 10.9 Å². The summed E-state index contributed by atoms with van der Waals surface area (Å²) in [4.78, 5) is 20.1. The zero-order valence-corrected chi connectivity index (χ0v) is 19.4. The summed E-state index contributed by atoms with van der Waals surface area (Å²) in [5.74, 6) is -0.399. The Balaban J connectivity index is 1.56. The van der Waals surface area contributed by atoms with Crippen molar-refractivity contribution in [3.63, 3.8) is 0 Å². The molecular weight excluding hydrogens is 481 g/mol. The standard InChI is InChI=1S/C23H19F3N6O2S/c1-34-8-7-30-13-14-9-15(3-4-18(14)29-30)32-21(35)31(20(33)22(32)5-2-6-22)16-10-17(23(24,25)26)19(11-27)28-12-16/h3-4,9-10,12-13H,2,5-8H2,1H3. The van der Waals surface area contributed by atoms with Crippen molar-refractivity contribution >= 4 is 45.5 Å². The van der Waals surface area contributed by atoms with Gasteiger partial charge in [-0.05, 0) is 55.7 Å². The molecule has 1 spiro atoms. The van der Waals surface area contributed by atoms with Gasteiger partial charge in [0.15, 0.2) is 10.8 Å². The van der Waals surface area contributed by atoms with Gasteiger partial charge in [0.05, 0.1) is 36.1 Å². The highest BCUT2D eigenvalue weighted by Crippen LogP contribution is 2.48. The summed E-state index contributed by atoms with van der Waals surface area (Å²) in [7, 11) is 1.61. The van der Waals surface area contributed by atoms with Crippen molar-refractivity contribution in [1.82, 2.24) is 14.8 Å². The Kier molecular flexibility index (Phi) is 5.49. The van der Waals surface area contributed by atoms with E-state index in [2.05, 4.69) is 10.1 Å². The van der Waals surface area contributed by atoms with Gasteiger partial charge in [0, 0.05) is 24.4 Å². The van der Waals surface area contributed by atoms with Crippen LogP contribution in [0.4, 0.5) is 24.5 Å². The Morgan fingerprint density at radius 3 is 2.66 bits per heavy atom. The number of methoxy groups -OCH3 is 1. The minimum absolute atomic E-state index is 0.0699. The first-order chi connectivity index (χ1) is 16.7. The predicted molar refractivity (Wildman–Crippen MR) is 125 cm³/mol. The van der Waals surface area contributed by atoms with E-state index in [1.165, 1.54) is 6.07 Å². The van der Waals surface area contributed by atoms with Gasteiger partial charge in [-0.25, -0.2) is 4.98 Å². The molecule has 1 saturated heterocycles. The molecule has 1 aliphatic heterocycles. The van der Waals surface area contributed by atoms with Crippen LogP contribution in [0.15, 0.2) is 36.7 Å². The fourth-order valence-corrected chi connectivity index (χ4v) is 5.06. The number of aromatic nitrogens is 3. The number of thiocarbonyl (C=S) groups is 1. The van der Waals surface area contributed by atoms with E-state index in [0.29, 0.717) is 31.7 Å². The zero-order valence-electron chi connectivity index (χ0n) is 18.5. The number of fused-ring (bicyclic) bond motifs is 1. The van der Waals surface area contributed by atoms with Gasteiger partial charge in [-0.1, -0.05) is 0 Å². The molecule has 3 heterocycles. The van der Waals surface area contributed by atoms with Gasteiger partial charge >= 0.3 is 6.18 Å². The SMILES string of the molecule is COCCn1cc2cc(N3C(=S)N(c4cnc(C#N)c(C(F)(F)F)c4)C(=O)C34CCC4)ccc2n1. The largest absolute Gasteiger partial charge is 0.419 e. The average Bonchev–Trinajstić information content (AvgIpc) is 3.31. The van der Waals surface area contributed by atoms with E-state index >= 15 is 0 Å². The Hall–Kier alpha value is -3.56. The number of hydrogen-bond donors (Lipinski definition) is 0. The lowest BCUT2D eigenvalue weighted by Crippen LogP contribution is -2.55. The molecule has 0 unspecified atom stereocenters. The van der Waals surface area contributed by atoms with E-state index in [0.717, 1.165) is 34.5 Å². The molecule has 0 atom stereocenters. The zero-order chi connectivity index (χ0) is 25.0. The van der Waals surface area contributed by atoms with Crippen molar-refractivity contribution in [2.45, 2.75) is 37.5 Å². The van der Waals surface area contributed by atoms with Gasteiger partial charge in [0.1, 0.15) is 11.6 Å². The highest BCUT2D eigenvalue weighted by Gasteiger charge is 2.59. The second-order valence-corrected chi connectivity index (χ2v) is 8.84. The van der Waals surface area contributed by atoms with E-state index in [1.54, 1.807) is 22.8 Å². The van der Waals surface area contributed by atoms with Gasteiger partial charge in [0.25, 0.3) is 5.91 Å². The highest BCUT2D eigenvalue weighted by molar-refractivity contribution is 7.81. The fraction of sp³-hybridized carbons (Fsp3) is 0.348. The van der Waals surface area contributed by atoms with E-state index in [9.17, 15) is 18.0 Å². The molecule has 1 saturated carbocycles. The lowest BCUT2D eigenvalue weighted by atomic mass is 9.75. The summed E-state index contributed by atoms with van der Waals surface area (Å²) in [6, 6.07) is 7.70. The number of nitrogens with zero attached hydrogens (tertiary/aromatic N) is 6. The molecule has 35 heavy (non-hydrogen) atoms. The first-order valence-electron chi connectivity index (χ1n) is 10.8. The number of anilines is 2. The molecule has 2 fully saturated rings. The van der Waals surface area contributed by atoms with Crippen LogP contribution >= 0.6 is 12.2 Å². The van der Waals surface area contributed by atoms with Crippen LogP contribution in [0.5, 0.6) is 0 Å². The first-order valence-corrected chi connectivity index (χ1v) is 11.2. The number of benzene rings is 1. The molecular formula is C23H19F3N6O2S. The van der Waals surface area contributed by atoms with Crippen LogP contribution in [-0.4, -0.2) is 45.0 Å². The van der Waals surface area contributed by atoms with Crippen molar-refractivity contribution in [3.05, 3.63) is 47.9 Å². The summed E-state index contributed by atoms with van der Waals surface area (Å²) < 4.78 is 47.5. The van der Waals surface area contributed by atoms with Crippen LogP contribution in [0.3, 0.4) is 0 Å². The Bertz CT molecular complexity index is 1390. The highest BCUT2D eigenvalue weighted by atomic mass is 32.1. The number of carbonyl (C=O) groups excluding carboxylic acids is 1. The molecule has 1 aliphatic carbocycles. The number of ether oxygens (including phenoxy) is 1. The molecule has 180 valence electrons. The molecule has 8 nitrogen and oxygen atoms in total. The molecule has 0 N–H and O–H groups in total. The van der Waals surface area contributed by atoms with Gasteiger partial charge in [-0.2, -0.15) is 23.5 Å². The number of alkyl halides is 3. The topological polar surface area (TPSA) is 87.3 Å². The van der Waals surface area contributed by atoms with Crippen LogP contribution in [-0.2, 0) is 22.3 Å². The number of amides is 1. The summed E-state index contributed by atoms with van der Waals surface area (Å²) in [5.41, 5.74) is -1.64. The average molecular weight is 501 g/mol. The molecule has 3 aromatic rings. The second kappa shape index (κ2) is 8.28. The maximum atomic E-state index is 13.6. The van der Waals surface area contributed by atoms with Crippen molar-refractivity contribution in [1.29, 1.82) is 5.26 Å². The van der Waals surface area contributed by atoms with Crippen molar-refractivity contribution < 1.29 is 22.7 Å². The number of hydrogen-bond acceptors (Lipinski definition) is 6. The third kappa shape index (κ3) is 3.62. The number of pyridine rings is 1. The molecule has 1 aromatic carbocycles. The molecule has 2 aliphatic rings. The van der Waals surface area contributed by atoms with Gasteiger partial charge in [-0.15, -0.1) is 0 Å². The predicted octanol–water partition coefficient (Wildman–Crippen LogP) is 4.03. The molecule has 5 rings (SSSR count). The van der Waals surface area contributed by atoms with E-state index in [4.69, 9.17) is 22.2 Å².